The maximum atomic E-state index is 13.2. The molecule has 0 bridgehead atoms. The van der Waals surface area contributed by atoms with Gasteiger partial charge in [0.2, 0.25) is 11.8 Å². The number of hydrogen-bond donors (Lipinski definition) is 1. The fourth-order valence-corrected chi connectivity index (χ4v) is 6.46. The van der Waals surface area contributed by atoms with Gasteiger partial charge in [0.25, 0.3) is 0 Å². The predicted molar refractivity (Wildman–Crippen MR) is 158 cm³/mol. The molecule has 2 aliphatic heterocycles. The van der Waals surface area contributed by atoms with E-state index in [0.717, 1.165) is 92.5 Å². The van der Waals surface area contributed by atoms with E-state index in [1.165, 1.54) is 5.56 Å². The molecule has 0 unspecified atom stereocenters. The number of nitrogens with zero attached hydrogens (tertiary/aromatic N) is 2. The molecule has 0 atom stereocenters. The number of para-hydroxylation sites is 1. The lowest BCUT2D eigenvalue weighted by Gasteiger charge is -2.44. The normalized spacial score (nSPS) is 18.7. The van der Waals surface area contributed by atoms with E-state index >= 15 is 0 Å². The Morgan fingerprint density at radius 2 is 1.88 bits per heavy atom. The Hall–Kier alpha value is -3.48. The number of methoxy groups -OCH3 is 1. The van der Waals surface area contributed by atoms with Crippen LogP contribution < -0.4 is 9.47 Å². The lowest BCUT2D eigenvalue weighted by molar-refractivity contribution is -0.136. The second-order valence-electron chi connectivity index (χ2n) is 11.6. The van der Waals surface area contributed by atoms with E-state index in [1.807, 2.05) is 53.4 Å². The average molecular weight is 546 g/mol. The summed E-state index contributed by atoms with van der Waals surface area (Å²) in [5.41, 5.74) is 3.53. The third kappa shape index (κ3) is 6.62. The summed E-state index contributed by atoms with van der Waals surface area (Å²) in [4.78, 5) is 33.5. The van der Waals surface area contributed by atoms with E-state index in [2.05, 4.69) is 17.1 Å². The number of aryl methyl sites for hydroxylation is 2. The van der Waals surface area contributed by atoms with E-state index in [1.54, 1.807) is 7.11 Å². The largest absolute Gasteiger partial charge is 0.497 e. The maximum absolute atomic E-state index is 13.2. The van der Waals surface area contributed by atoms with Gasteiger partial charge < -0.3 is 24.3 Å². The summed E-state index contributed by atoms with van der Waals surface area (Å²) in [7, 11) is 3.62. The van der Waals surface area contributed by atoms with Gasteiger partial charge in [-0.2, -0.15) is 0 Å². The number of nitrogens with one attached hydrogen (secondary N) is 1. The molecule has 214 valence electrons. The molecule has 5 rings (SSSR count). The van der Waals surface area contributed by atoms with Crippen molar-refractivity contribution in [2.24, 2.45) is 5.41 Å². The van der Waals surface area contributed by atoms with Gasteiger partial charge in [-0.25, -0.2) is 0 Å². The van der Waals surface area contributed by atoms with Gasteiger partial charge in [-0.3, -0.25) is 9.59 Å². The number of likely N-dealkylation sites (tertiary alicyclic amines) is 1. The molecule has 1 fully saturated rings. The summed E-state index contributed by atoms with van der Waals surface area (Å²) >= 11 is 0. The zero-order valence-corrected chi connectivity index (χ0v) is 24.0. The highest BCUT2D eigenvalue weighted by molar-refractivity contribution is 5.85. The fraction of sp³-hybridized carbons (Fsp3) is 0.515. The summed E-state index contributed by atoms with van der Waals surface area (Å²) in [6, 6.07) is 14.3. The van der Waals surface area contributed by atoms with Crippen molar-refractivity contribution in [3.8, 4) is 11.5 Å². The zero-order valence-electron chi connectivity index (χ0n) is 24.0. The lowest BCUT2D eigenvalue weighted by Crippen LogP contribution is -2.48. The molecule has 2 aliphatic rings. The minimum Gasteiger partial charge on any atom is -0.497 e. The van der Waals surface area contributed by atoms with Crippen LogP contribution in [0.1, 0.15) is 62.5 Å². The maximum Gasteiger partial charge on any atom is 0.222 e. The van der Waals surface area contributed by atoms with Gasteiger partial charge in [0, 0.05) is 56.6 Å². The zero-order chi connectivity index (χ0) is 28.0. The van der Waals surface area contributed by atoms with Crippen LogP contribution in [0.5, 0.6) is 11.5 Å². The van der Waals surface area contributed by atoms with E-state index < -0.39 is 0 Å². The molecule has 3 heterocycles. The number of ether oxygens (including phenoxy) is 2. The third-order valence-electron chi connectivity index (χ3n) is 8.93. The molecule has 0 radical (unpaired) electrons. The second kappa shape index (κ2) is 12.8. The Morgan fingerprint density at radius 3 is 2.70 bits per heavy atom. The number of piperidine rings is 1. The minimum absolute atomic E-state index is 0.0642. The van der Waals surface area contributed by atoms with Crippen LogP contribution in [0.15, 0.2) is 48.7 Å². The number of fused-ring (bicyclic) bond motifs is 2. The van der Waals surface area contributed by atoms with Crippen molar-refractivity contribution >= 4 is 22.7 Å². The number of aromatic nitrogens is 1. The fourth-order valence-electron chi connectivity index (χ4n) is 6.46. The number of rotatable bonds is 4. The highest BCUT2D eigenvalue weighted by Gasteiger charge is 2.37. The Balaban J connectivity index is 1.20. The molecule has 7 heteroatoms. The summed E-state index contributed by atoms with van der Waals surface area (Å²) in [6.45, 7) is 2.85. The molecule has 1 aromatic heterocycles. The molecule has 1 N–H and O–H groups in total. The van der Waals surface area contributed by atoms with Gasteiger partial charge >= 0.3 is 0 Å². The molecule has 1 spiro atoms. The highest BCUT2D eigenvalue weighted by Crippen LogP contribution is 2.38. The standard InChI is InChI=1S/C33H43N3O4/c1-35-24-33(16-6-5-9-25-8-3-4-10-30(25)40-21-7-11-31(35)37)17-19-36(20-18-33)32(38)15-12-26-23-34-29-14-13-27(39-2)22-28(26)29/h3-4,8,10,13-14,22-23,34H,5-7,9,11-12,15-21,24H2,1-2H3. The second-order valence-corrected chi connectivity index (χ2v) is 11.6. The molecule has 0 aliphatic carbocycles. The van der Waals surface area contributed by atoms with Crippen molar-refractivity contribution in [3.63, 3.8) is 0 Å². The van der Waals surface area contributed by atoms with Crippen molar-refractivity contribution < 1.29 is 19.1 Å². The molecule has 40 heavy (non-hydrogen) atoms. The van der Waals surface area contributed by atoms with E-state index in [4.69, 9.17) is 9.47 Å². The smallest absolute Gasteiger partial charge is 0.222 e. The van der Waals surface area contributed by atoms with E-state index in [-0.39, 0.29) is 17.2 Å². The van der Waals surface area contributed by atoms with Crippen molar-refractivity contribution in [1.82, 2.24) is 14.8 Å². The topological polar surface area (TPSA) is 74.9 Å². The van der Waals surface area contributed by atoms with Gasteiger partial charge in [-0.05, 0) is 85.8 Å². The van der Waals surface area contributed by atoms with Crippen molar-refractivity contribution in [2.45, 2.75) is 64.2 Å². The number of benzene rings is 2. The first-order valence-electron chi connectivity index (χ1n) is 14.8. The molecular weight excluding hydrogens is 502 g/mol. The Morgan fingerprint density at radius 1 is 1.05 bits per heavy atom. The number of carbonyl (C=O) groups excluding carboxylic acids is 2. The first-order valence-corrected chi connectivity index (χ1v) is 14.8. The van der Waals surface area contributed by atoms with Crippen LogP contribution in [-0.4, -0.2) is 67.0 Å². The van der Waals surface area contributed by atoms with Crippen LogP contribution in [0.3, 0.4) is 0 Å². The summed E-state index contributed by atoms with van der Waals surface area (Å²) in [5.74, 6) is 2.18. The Labute approximate surface area is 237 Å². The van der Waals surface area contributed by atoms with Gasteiger partial charge in [0.05, 0.1) is 13.7 Å². The van der Waals surface area contributed by atoms with Crippen LogP contribution in [0.4, 0.5) is 0 Å². The SMILES string of the molecule is COc1ccc2[nH]cc(CCC(=O)N3CCC4(CCCCc5ccccc5OCCCC(=O)N(C)C4)CC3)c2c1. The number of hydrogen-bond acceptors (Lipinski definition) is 4. The van der Waals surface area contributed by atoms with E-state index in [9.17, 15) is 9.59 Å². The van der Waals surface area contributed by atoms with Crippen LogP contribution in [0.2, 0.25) is 0 Å². The van der Waals surface area contributed by atoms with Crippen molar-refractivity contribution in [3.05, 3.63) is 59.8 Å². The minimum atomic E-state index is 0.0642. The number of H-pyrrole nitrogens is 1. The summed E-state index contributed by atoms with van der Waals surface area (Å²) < 4.78 is 11.4. The number of aromatic amines is 1. The molecule has 2 aromatic carbocycles. The first kappa shape index (κ1) is 28.1. The molecule has 0 saturated carbocycles. The van der Waals surface area contributed by atoms with Crippen LogP contribution in [0.25, 0.3) is 10.9 Å². The molecule has 1 saturated heterocycles. The van der Waals surface area contributed by atoms with Crippen LogP contribution in [0, 0.1) is 5.41 Å². The molecular formula is C33H43N3O4. The van der Waals surface area contributed by atoms with Crippen molar-refractivity contribution in [1.29, 1.82) is 0 Å². The summed E-state index contributed by atoms with van der Waals surface area (Å²) in [5, 5.41) is 1.12. The monoisotopic (exact) mass is 545 g/mol. The quantitative estimate of drug-likeness (QED) is 0.452. The number of carbonyl (C=O) groups is 2. The van der Waals surface area contributed by atoms with Gasteiger partial charge in [0.1, 0.15) is 11.5 Å². The third-order valence-corrected chi connectivity index (χ3v) is 8.93. The summed E-state index contributed by atoms with van der Waals surface area (Å²) in [6.07, 6.45) is 10.6. The van der Waals surface area contributed by atoms with Gasteiger partial charge in [-0.1, -0.05) is 24.6 Å². The highest BCUT2D eigenvalue weighted by atomic mass is 16.5. The van der Waals surface area contributed by atoms with Crippen molar-refractivity contribution in [2.75, 3.05) is 40.4 Å². The average Bonchev–Trinajstić information content (AvgIpc) is 3.38. The van der Waals surface area contributed by atoms with Gasteiger partial charge in [0.15, 0.2) is 0 Å². The van der Waals surface area contributed by atoms with Crippen LogP contribution in [-0.2, 0) is 22.4 Å². The van der Waals surface area contributed by atoms with E-state index in [0.29, 0.717) is 25.9 Å². The molecule has 3 aromatic rings. The Bertz CT molecular complexity index is 1310. The molecule has 7 nitrogen and oxygen atoms in total. The predicted octanol–water partition coefficient (Wildman–Crippen LogP) is 5.76. The van der Waals surface area contributed by atoms with Gasteiger partial charge in [-0.15, -0.1) is 0 Å². The lowest BCUT2D eigenvalue weighted by atomic mass is 9.73. The van der Waals surface area contributed by atoms with Crippen LogP contribution >= 0.6 is 0 Å². The number of amides is 2. The first-order chi connectivity index (χ1) is 19.5. The Kier molecular flexibility index (Phi) is 8.98. The molecule has 2 amide bonds.